The van der Waals surface area contributed by atoms with Crippen LogP contribution in [0.4, 0.5) is 5.69 Å². The van der Waals surface area contributed by atoms with Gasteiger partial charge >= 0.3 is 0 Å². The van der Waals surface area contributed by atoms with E-state index in [0.29, 0.717) is 5.69 Å². The van der Waals surface area contributed by atoms with Crippen molar-refractivity contribution >= 4 is 17.8 Å². The molecular weight excluding hydrogens is 182 g/mol. The number of amides is 1. The van der Waals surface area contributed by atoms with E-state index in [1.165, 1.54) is 13.1 Å². The van der Waals surface area contributed by atoms with E-state index >= 15 is 0 Å². The summed E-state index contributed by atoms with van der Waals surface area (Å²) in [6, 6.07) is 7.09. The maximum atomic E-state index is 10.7. The number of carbonyl (C=O) groups is 1. The molecule has 0 aromatic heterocycles. The molecule has 1 rings (SSSR count). The standard InChI is InChI=1S/C9H11N3O2/c1-7(13)11-9-4-2-3-8(5-9)6-10-12-14/h2-6,12,14H,1H3,(H,11,13). The van der Waals surface area contributed by atoms with Crippen molar-refractivity contribution in [1.82, 2.24) is 5.59 Å². The van der Waals surface area contributed by atoms with E-state index in [0.717, 1.165) is 5.56 Å². The van der Waals surface area contributed by atoms with Gasteiger partial charge in [-0.1, -0.05) is 12.1 Å². The van der Waals surface area contributed by atoms with E-state index in [1.807, 2.05) is 0 Å². The Kier molecular flexibility index (Phi) is 3.63. The van der Waals surface area contributed by atoms with E-state index in [9.17, 15) is 4.79 Å². The topological polar surface area (TPSA) is 73.7 Å². The molecule has 74 valence electrons. The van der Waals surface area contributed by atoms with Gasteiger partial charge in [0, 0.05) is 12.6 Å². The van der Waals surface area contributed by atoms with Crippen molar-refractivity contribution in [1.29, 1.82) is 0 Å². The van der Waals surface area contributed by atoms with Gasteiger partial charge in [-0.25, -0.2) is 0 Å². The number of anilines is 1. The van der Waals surface area contributed by atoms with Crippen LogP contribution in [0.3, 0.4) is 0 Å². The van der Waals surface area contributed by atoms with E-state index in [-0.39, 0.29) is 5.91 Å². The summed E-state index contributed by atoms with van der Waals surface area (Å²) in [4.78, 5) is 10.7. The lowest BCUT2D eigenvalue weighted by Crippen LogP contribution is -2.05. The van der Waals surface area contributed by atoms with Crippen LogP contribution in [0.15, 0.2) is 29.4 Å². The molecule has 1 aromatic rings. The van der Waals surface area contributed by atoms with Crippen LogP contribution in [0.25, 0.3) is 0 Å². The lowest BCUT2D eigenvalue weighted by Gasteiger charge is -2.01. The van der Waals surface area contributed by atoms with Gasteiger partial charge in [-0.05, 0) is 17.7 Å². The van der Waals surface area contributed by atoms with E-state index < -0.39 is 0 Å². The molecule has 0 saturated heterocycles. The lowest BCUT2D eigenvalue weighted by molar-refractivity contribution is -0.114. The molecule has 3 N–H and O–H groups in total. The molecule has 0 fully saturated rings. The predicted molar refractivity (Wildman–Crippen MR) is 53.3 cm³/mol. The summed E-state index contributed by atoms with van der Waals surface area (Å²) in [6.07, 6.45) is 1.44. The van der Waals surface area contributed by atoms with Crippen LogP contribution in [0.5, 0.6) is 0 Å². The first-order valence-electron chi connectivity index (χ1n) is 4.02. The number of hydrogen-bond donors (Lipinski definition) is 3. The first-order valence-corrected chi connectivity index (χ1v) is 4.02. The van der Waals surface area contributed by atoms with Crippen LogP contribution in [0, 0.1) is 0 Å². The number of benzene rings is 1. The van der Waals surface area contributed by atoms with Crippen molar-refractivity contribution in [2.75, 3.05) is 5.32 Å². The zero-order valence-electron chi connectivity index (χ0n) is 7.69. The molecule has 0 spiro atoms. The molecule has 1 aromatic carbocycles. The van der Waals surface area contributed by atoms with Crippen LogP contribution in [0.2, 0.25) is 0 Å². The minimum absolute atomic E-state index is 0.126. The monoisotopic (exact) mass is 193 g/mol. The first-order chi connectivity index (χ1) is 6.72. The zero-order valence-corrected chi connectivity index (χ0v) is 7.69. The molecule has 14 heavy (non-hydrogen) atoms. The van der Waals surface area contributed by atoms with Crippen molar-refractivity contribution in [3.8, 4) is 0 Å². The maximum absolute atomic E-state index is 10.7. The van der Waals surface area contributed by atoms with Crippen LogP contribution >= 0.6 is 0 Å². The molecule has 5 nitrogen and oxygen atoms in total. The number of hydrogen-bond acceptors (Lipinski definition) is 4. The van der Waals surface area contributed by atoms with Gasteiger partial charge in [0.25, 0.3) is 0 Å². The Bertz CT molecular complexity index is 350. The minimum atomic E-state index is -0.126. The molecule has 0 unspecified atom stereocenters. The third-order valence-electron chi connectivity index (χ3n) is 1.48. The minimum Gasteiger partial charge on any atom is -0.326 e. The van der Waals surface area contributed by atoms with Crippen LogP contribution < -0.4 is 10.9 Å². The highest BCUT2D eigenvalue weighted by molar-refractivity contribution is 5.90. The summed E-state index contributed by atoms with van der Waals surface area (Å²) in [5.74, 6) is -0.126. The lowest BCUT2D eigenvalue weighted by atomic mass is 10.2. The molecule has 0 saturated carbocycles. The van der Waals surface area contributed by atoms with Gasteiger partial charge in [0.2, 0.25) is 5.91 Å². The van der Waals surface area contributed by atoms with Gasteiger partial charge in [0.15, 0.2) is 0 Å². The molecule has 0 atom stereocenters. The number of hydrazone groups is 1. The quantitative estimate of drug-likeness (QED) is 0.494. The van der Waals surface area contributed by atoms with E-state index in [4.69, 9.17) is 5.21 Å². The fourth-order valence-corrected chi connectivity index (χ4v) is 1.00. The van der Waals surface area contributed by atoms with Crippen LogP contribution in [0.1, 0.15) is 12.5 Å². The van der Waals surface area contributed by atoms with Crippen molar-refractivity contribution in [2.45, 2.75) is 6.92 Å². The Morgan fingerprint density at radius 3 is 3.00 bits per heavy atom. The Balaban J connectivity index is 2.78. The molecule has 0 radical (unpaired) electrons. The fraction of sp³-hybridized carbons (Fsp3) is 0.111. The van der Waals surface area contributed by atoms with Gasteiger partial charge in [-0.2, -0.15) is 10.7 Å². The molecule has 0 bridgehead atoms. The van der Waals surface area contributed by atoms with Crippen molar-refractivity contribution in [3.05, 3.63) is 29.8 Å². The second-order valence-corrected chi connectivity index (χ2v) is 2.66. The smallest absolute Gasteiger partial charge is 0.221 e. The third kappa shape index (κ3) is 3.24. The SMILES string of the molecule is CC(=O)Nc1cccc(C=NNO)c1. The highest BCUT2D eigenvalue weighted by atomic mass is 16.5. The van der Waals surface area contributed by atoms with E-state index in [2.05, 4.69) is 10.4 Å². The molecule has 5 heteroatoms. The van der Waals surface area contributed by atoms with Gasteiger partial charge in [-0.3, -0.25) is 10.0 Å². The largest absolute Gasteiger partial charge is 0.326 e. The molecule has 1 amide bonds. The van der Waals surface area contributed by atoms with Gasteiger partial charge in [-0.15, -0.1) is 0 Å². The maximum Gasteiger partial charge on any atom is 0.221 e. The van der Waals surface area contributed by atoms with Gasteiger partial charge in [0.05, 0.1) is 6.21 Å². The number of nitrogens with one attached hydrogen (secondary N) is 2. The summed E-state index contributed by atoms with van der Waals surface area (Å²) in [5, 5.41) is 14.3. The highest BCUT2D eigenvalue weighted by Crippen LogP contribution is 2.08. The second-order valence-electron chi connectivity index (χ2n) is 2.66. The van der Waals surface area contributed by atoms with Crippen molar-refractivity contribution < 1.29 is 10.0 Å². The predicted octanol–water partition coefficient (Wildman–Crippen LogP) is 0.958. The Morgan fingerprint density at radius 1 is 1.57 bits per heavy atom. The number of nitrogens with zero attached hydrogens (tertiary/aromatic N) is 1. The van der Waals surface area contributed by atoms with Crippen LogP contribution in [-0.2, 0) is 4.79 Å². The van der Waals surface area contributed by atoms with Crippen molar-refractivity contribution in [2.24, 2.45) is 5.10 Å². The third-order valence-corrected chi connectivity index (χ3v) is 1.48. The number of carbonyl (C=O) groups excluding carboxylic acids is 1. The normalized spacial score (nSPS) is 10.1. The van der Waals surface area contributed by atoms with E-state index in [1.54, 1.807) is 29.9 Å². The average Bonchev–Trinajstić information content (AvgIpc) is 2.14. The summed E-state index contributed by atoms with van der Waals surface area (Å²) in [7, 11) is 0. The molecular formula is C9H11N3O2. The van der Waals surface area contributed by atoms with Crippen LogP contribution in [-0.4, -0.2) is 17.3 Å². The first kappa shape index (κ1) is 10.2. The Labute approximate surface area is 81.4 Å². The molecule has 0 heterocycles. The summed E-state index contributed by atoms with van der Waals surface area (Å²) in [6.45, 7) is 1.44. The summed E-state index contributed by atoms with van der Waals surface area (Å²) >= 11 is 0. The Morgan fingerprint density at radius 2 is 2.36 bits per heavy atom. The summed E-state index contributed by atoms with van der Waals surface area (Å²) < 4.78 is 0. The van der Waals surface area contributed by atoms with Gasteiger partial charge < -0.3 is 5.32 Å². The number of rotatable bonds is 3. The fourth-order valence-electron chi connectivity index (χ4n) is 1.00. The highest BCUT2D eigenvalue weighted by Gasteiger charge is 1.95. The zero-order chi connectivity index (χ0) is 10.4. The van der Waals surface area contributed by atoms with Gasteiger partial charge in [0.1, 0.15) is 0 Å². The Hall–Kier alpha value is -1.88. The summed E-state index contributed by atoms with van der Waals surface area (Å²) in [5.41, 5.74) is 3.13. The molecule has 0 aliphatic carbocycles. The molecule has 0 aliphatic heterocycles. The van der Waals surface area contributed by atoms with Crippen molar-refractivity contribution in [3.63, 3.8) is 0 Å². The molecule has 0 aliphatic rings. The average molecular weight is 193 g/mol. The second kappa shape index (κ2) is 4.98.